The summed E-state index contributed by atoms with van der Waals surface area (Å²) >= 11 is 0. The van der Waals surface area contributed by atoms with E-state index in [0.717, 1.165) is 44.0 Å². The highest BCUT2D eigenvalue weighted by Crippen LogP contribution is 2.29. The maximum atomic E-state index is 12.3. The molecule has 1 amide bonds. The lowest BCUT2D eigenvalue weighted by Crippen LogP contribution is -2.36. The minimum absolute atomic E-state index is 0.333. The molecule has 2 N–H and O–H groups in total. The van der Waals surface area contributed by atoms with Gasteiger partial charge >= 0.3 is 0 Å². The van der Waals surface area contributed by atoms with Gasteiger partial charge in [-0.2, -0.15) is 0 Å². The molecule has 0 unspecified atom stereocenters. The Kier molecular flexibility index (Phi) is 3.95. The molecular weight excluding hydrogens is 248 g/mol. The third-order valence-electron chi connectivity index (χ3n) is 4.84. The number of hydrogen-bond acceptors (Lipinski definition) is 2. The second kappa shape index (κ2) is 5.86. The van der Waals surface area contributed by atoms with Crippen LogP contribution in [0.1, 0.15) is 49.7 Å². The van der Waals surface area contributed by atoms with E-state index >= 15 is 0 Å². The first kappa shape index (κ1) is 13.5. The summed E-state index contributed by atoms with van der Waals surface area (Å²) in [6.45, 7) is 1.61. The Morgan fingerprint density at radius 2 is 2.05 bits per heavy atom. The number of nitrogens with zero attached hydrogens (tertiary/aromatic N) is 1. The standard InChI is InChI=1S/C17H24N2O/c18-16-7-6-15-12-19(10-9-14(15)11-16)17(20)8-5-13-3-1-2-4-13/h6-7,11,13H,1-5,8-10,12,18H2. The molecule has 3 rings (SSSR count). The molecule has 1 aromatic rings. The van der Waals surface area contributed by atoms with E-state index in [1.807, 2.05) is 11.0 Å². The highest BCUT2D eigenvalue weighted by atomic mass is 16.2. The van der Waals surface area contributed by atoms with Crippen molar-refractivity contribution in [1.82, 2.24) is 4.90 Å². The fourth-order valence-corrected chi connectivity index (χ4v) is 3.57. The predicted octanol–water partition coefficient (Wildman–Crippen LogP) is 3.12. The number of benzene rings is 1. The zero-order valence-corrected chi connectivity index (χ0v) is 12.1. The van der Waals surface area contributed by atoms with Crippen LogP contribution in [-0.2, 0) is 17.8 Å². The number of hydrogen-bond donors (Lipinski definition) is 1. The van der Waals surface area contributed by atoms with Crippen LogP contribution < -0.4 is 5.73 Å². The average molecular weight is 272 g/mol. The van der Waals surface area contributed by atoms with Gasteiger partial charge in [0.2, 0.25) is 5.91 Å². The van der Waals surface area contributed by atoms with Crippen LogP contribution in [0.4, 0.5) is 5.69 Å². The van der Waals surface area contributed by atoms with Gasteiger partial charge in [0.25, 0.3) is 0 Å². The molecule has 20 heavy (non-hydrogen) atoms. The normalized spacial score (nSPS) is 19.1. The number of nitrogen functional groups attached to an aromatic ring is 1. The lowest BCUT2D eigenvalue weighted by molar-refractivity contribution is -0.132. The van der Waals surface area contributed by atoms with Crippen LogP contribution in [0.15, 0.2) is 18.2 Å². The minimum Gasteiger partial charge on any atom is -0.399 e. The molecule has 3 heteroatoms. The Balaban J connectivity index is 1.56. The van der Waals surface area contributed by atoms with Crippen LogP contribution in [0.2, 0.25) is 0 Å². The van der Waals surface area contributed by atoms with Gasteiger partial charge in [0.15, 0.2) is 0 Å². The summed E-state index contributed by atoms with van der Waals surface area (Å²) in [5.41, 5.74) is 9.21. The molecule has 0 atom stereocenters. The van der Waals surface area contributed by atoms with E-state index < -0.39 is 0 Å². The van der Waals surface area contributed by atoms with Crippen molar-refractivity contribution >= 4 is 11.6 Å². The van der Waals surface area contributed by atoms with Gasteiger partial charge in [0, 0.05) is 25.2 Å². The molecule has 1 aromatic carbocycles. The summed E-state index contributed by atoms with van der Waals surface area (Å²) < 4.78 is 0. The van der Waals surface area contributed by atoms with E-state index in [1.165, 1.54) is 36.8 Å². The molecule has 1 aliphatic carbocycles. The van der Waals surface area contributed by atoms with E-state index in [0.29, 0.717) is 5.91 Å². The van der Waals surface area contributed by atoms with Gasteiger partial charge in [-0.05, 0) is 42.0 Å². The van der Waals surface area contributed by atoms with Crippen molar-refractivity contribution in [3.8, 4) is 0 Å². The molecule has 0 saturated heterocycles. The van der Waals surface area contributed by atoms with Crippen LogP contribution in [0, 0.1) is 5.92 Å². The number of amides is 1. The average Bonchev–Trinajstić information content (AvgIpc) is 2.97. The largest absolute Gasteiger partial charge is 0.399 e. The van der Waals surface area contributed by atoms with Crippen molar-refractivity contribution < 1.29 is 4.79 Å². The SMILES string of the molecule is Nc1ccc2c(c1)CCN(C(=O)CCC1CCCC1)C2. The van der Waals surface area contributed by atoms with Crippen molar-refractivity contribution in [3.05, 3.63) is 29.3 Å². The van der Waals surface area contributed by atoms with Gasteiger partial charge < -0.3 is 10.6 Å². The Bertz CT molecular complexity index is 492. The maximum Gasteiger partial charge on any atom is 0.222 e. The number of carbonyl (C=O) groups is 1. The summed E-state index contributed by atoms with van der Waals surface area (Å²) in [7, 11) is 0. The number of rotatable bonds is 3. The van der Waals surface area contributed by atoms with Gasteiger partial charge in [-0.3, -0.25) is 4.79 Å². The molecule has 0 radical (unpaired) electrons. The van der Waals surface area contributed by atoms with Gasteiger partial charge in [0.1, 0.15) is 0 Å². The van der Waals surface area contributed by atoms with Crippen LogP contribution in [0.3, 0.4) is 0 Å². The van der Waals surface area contributed by atoms with Crippen LogP contribution in [-0.4, -0.2) is 17.4 Å². The maximum absolute atomic E-state index is 12.3. The van der Waals surface area contributed by atoms with Gasteiger partial charge in [-0.1, -0.05) is 31.7 Å². The Morgan fingerprint density at radius 3 is 2.85 bits per heavy atom. The summed E-state index contributed by atoms with van der Waals surface area (Å²) in [6, 6.07) is 6.06. The minimum atomic E-state index is 0.333. The Morgan fingerprint density at radius 1 is 1.25 bits per heavy atom. The summed E-state index contributed by atoms with van der Waals surface area (Å²) in [6.07, 6.45) is 8.13. The molecule has 3 nitrogen and oxygen atoms in total. The van der Waals surface area contributed by atoms with Crippen molar-refractivity contribution in [3.63, 3.8) is 0 Å². The quantitative estimate of drug-likeness (QED) is 0.859. The Labute approximate surface area is 121 Å². The van der Waals surface area contributed by atoms with Crippen molar-refractivity contribution in [2.75, 3.05) is 12.3 Å². The number of carbonyl (C=O) groups excluding carboxylic acids is 1. The van der Waals surface area contributed by atoms with Gasteiger partial charge in [-0.15, -0.1) is 0 Å². The number of nitrogens with two attached hydrogens (primary N) is 1. The highest BCUT2D eigenvalue weighted by molar-refractivity contribution is 5.76. The third kappa shape index (κ3) is 2.97. The topological polar surface area (TPSA) is 46.3 Å². The molecule has 0 aromatic heterocycles. The molecule has 0 spiro atoms. The molecular formula is C17H24N2O. The van der Waals surface area contributed by atoms with Crippen molar-refractivity contribution in [1.29, 1.82) is 0 Å². The van der Waals surface area contributed by atoms with Gasteiger partial charge in [-0.25, -0.2) is 0 Å². The number of anilines is 1. The monoisotopic (exact) mass is 272 g/mol. The van der Waals surface area contributed by atoms with Gasteiger partial charge in [0.05, 0.1) is 0 Å². The first-order valence-corrected chi connectivity index (χ1v) is 7.87. The van der Waals surface area contributed by atoms with Crippen LogP contribution in [0.5, 0.6) is 0 Å². The molecule has 1 heterocycles. The predicted molar refractivity (Wildman–Crippen MR) is 81.2 cm³/mol. The van der Waals surface area contributed by atoms with E-state index in [9.17, 15) is 4.79 Å². The fraction of sp³-hybridized carbons (Fsp3) is 0.588. The molecule has 0 bridgehead atoms. The molecule has 1 fully saturated rings. The fourth-order valence-electron chi connectivity index (χ4n) is 3.57. The summed E-state index contributed by atoms with van der Waals surface area (Å²) in [5.74, 6) is 1.13. The first-order valence-electron chi connectivity index (χ1n) is 7.87. The molecule has 1 saturated carbocycles. The highest BCUT2D eigenvalue weighted by Gasteiger charge is 2.22. The zero-order valence-electron chi connectivity index (χ0n) is 12.1. The zero-order chi connectivity index (χ0) is 13.9. The van der Waals surface area contributed by atoms with Crippen LogP contribution >= 0.6 is 0 Å². The van der Waals surface area contributed by atoms with Crippen molar-refractivity contribution in [2.45, 2.75) is 51.5 Å². The van der Waals surface area contributed by atoms with E-state index in [2.05, 4.69) is 12.1 Å². The lowest BCUT2D eigenvalue weighted by atomic mass is 9.97. The molecule has 108 valence electrons. The second-order valence-corrected chi connectivity index (χ2v) is 6.28. The molecule has 2 aliphatic rings. The third-order valence-corrected chi connectivity index (χ3v) is 4.84. The lowest BCUT2D eigenvalue weighted by Gasteiger charge is -2.29. The van der Waals surface area contributed by atoms with E-state index in [1.54, 1.807) is 0 Å². The van der Waals surface area contributed by atoms with E-state index in [-0.39, 0.29) is 0 Å². The summed E-state index contributed by atoms with van der Waals surface area (Å²) in [4.78, 5) is 14.4. The smallest absolute Gasteiger partial charge is 0.222 e. The van der Waals surface area contributed by atoms with Crippen molar-refractivity contribution in [2.24, 2.45) is 5.92 Å². The first-order chi connectivity index (χ1) is 9.72. The molecule has 1 aliphatic heterocycles. The Hall–Kier alpha value is -1.51. The summed E-state index contributed by atoms with van der Waals surface area (Å²) in [5, 5.41) is 0. The van der Waals surface area contributed by atoms with E-state index in [4.69, 9.17) is 5.73 Å². The number of fused-ring (bicyclic) bond motifs is 1. The van der Waals surface area contributed by atoms with Crippen LogP contribution in [0.25, 0.3) is 0 Å². The second-order valence-electron chi connectivity index (χ2n) is 6.28.